The van der Waals surface area contributed by atoms with E-state index < -0.39 is 5.54 Å². The number of hydrogen-bond donors (Lipinski definition) is 1. The highest BCUT2D eigenvalue weighted by atomic mass is 35.5. The molecule has 9 heteroatoms. The predicted octanol–water partition coefficient (Wildman–Crippen LogP) is 3.91. The molecule has 3 rings (SSSR count). The maximum atomic E-state index is 13.1. The first kappa shape index (κ1) is 23.6. The molecule has 0 saturated heterocycles. The van der Waals surface area contributed by atoms with Gasteiger partial charge in [-0.2, -0.15) is 5.26 Å². The van der Waals surface area contributed by atoms with E-state index in [0.29, 0.717) is 60.1 Å². The van der Waals surface area contributed by atoms with Gasteiger partial charge < -0.3 is 10.1 Å². The molecule has 1 heterocycles. The number of ether oxygens (including phenoxy) is 1. The van der Waals surface area contributed by atoms with Crippen LogP contribution in [0.15, 0.2) is 28.2 Å². The van der Waals surface area contributed by atoms with Gasteiger partial charge in [-0.3, -0.25) is 14.2 Å². The number of benzene rings is 1. The van der Waals surface area contributed by atoms with Gasteiger partial charge in [-0.05, 0) is 44.4 Å². The number of amides is 1. The van der Waals surface area contributed by atoms with Crippen LogP contribution in [0.1, 0.15) is 45.4 Å². The Kier molecular flexibility index (Phi) is 8.35. The monoisotopic (exact) mass is 462 g/mol. The van der Waals surface area contributed by atoms with Crippen molar-refractivity contribution >= 4 is 40.2 Å². The lowest BCUT2D eigenvalue weighted by molar-refractivity contribution is -0.120. The normalized spacial score (nSPS) is 15.5. The van der Waals surface area contributed by atoms with Crippen LogP contribution in [0.25, 0.3) is 10.9 Å². The molecule has 0 atom stereocenters. The van der Waals surface area contributed by atoms with Gasteiger partial charge in [0.1, 0.15) is 5.54 Å². The molecule has 1 amide bonds. The molecule has 0 spiro atoms. The first-order valence-corrected chi connectivity index (χ1v) is 12.0. The summed E-state index contributed by atoms with van der Waals surface area (Å²) in [4.78, 5) is 30.3. The summed E-state index contributed by atoms with van der Waals surface area (Å²) in [5, 5.41) is 13.9. The topological polar surface area (TPSA) is 97.0 Å². The summed E-state index contributed by atoms with van der Waals surface area (Å²) in [5.41, 5.74) is -0.443. The molecule has 0 bridgehead atoms. The van der Waals surface area contributed by atoms with Crippen LogP contribution in [-0.4, -0.2) is 40.0 Å². The van der Waals surface area contributed by atoms with E-state index in [4.69, 9.17) is 16.3 Å². The van der Waals surface area contributed by atoms with Crippen molar-refractivity contribution in [1.29, 1.82) is 5.26 Å². The van der Waals surface area contributed by atoms with Crippen LogP contribution in [-0.2, 0) is 16.1 Å². The summed E-state index contributed by atoms with van der Waals surface area (Å²) >= 11 is 7.28. The Morgan fingerprint density at radius 3 is 2.87 bits per heavy atom. The molecule has 1 aliphatic rings. The quantitative estimate of drug-likeness (QED) is 0.344. The van der Waals surface area contributed by atoms with Crippen molar-refractivity contribution in [3.8, 4) is 6.07 Å². The Labute approximate surface area is 191 Å². The fourth-order valence-electron chi connectivity index (χ4n) is 3.80. The lowest BCUT2D eigenvalue weighted by atomic mass is 9.83. The van der Waals surface area contributed by atoms with Crippen molar-refractivity contribution in [3.63, 3.8) is 0 Å². The minimum atomic E-state index is -0.780. The standard InChI is InChI=1S/C22H27ClN4O3S/c1-2-30-12-6-11-27-20(29)17-8-7-16(23)13-18(17)25-21(27)31-14-19(28)26-22(15-24)9-4-3-5-10-22/h7-8,13H,2-6,9-12,14H2,1H3,(H,26,28). The molecule has 1 aliphatic carbocycles. The van der Waals surface area contributed by atoms with Crippen LogP contribution in [0.4, 0.5) is 0 Å². The number of carbonyl (C=O) groups is 1. The van der Waals surface area contributed by atoms with Gasteiger partial charge in [0.2, 0.25) is 5.91 Å². The molecule has 0 aliphatic heterocycles. The van der Waals surface area contributed by atoms with Crippen LogP contribution in [0.3, 0.4) is 0 Å². The molecule has 0 radical (unpaired) electrons. The van der Waals surface area contributed by atoms with Gasteiger partial charge in [0.25, 0.3) is 5.56 Å². The van der Waals surface area contributed by atoms with Crippen molar-refractivity contribution in [2.45, 2.75) is 62.7 Å². The second-order valence-corrected chi connectivity index (χ2v) is 9.03. The van der Waals surface area contributed by atoms with Crippen LogP contribution in [0.2, 0.25) is 5.02 Å². The number of nitriles is 1. The van der Waals surface area contributed by atoms with Crippen molar-refractivity contribution < 1.29 is 9.53 Å². The molecular formula is C22H27ClN4O3S. The zero-order chi connectivity index (χ0) is 22.3. The summed E-state index contributed by atoms with van der Waals surface area (Å²) in [7, 11) is 0. The van der Waals surface area contributed by atoms with E-state index in [-0.39, 0.29) is 17.2 Å². The number of hydrogen-bond acceptors (Lipinski definition) is 6. The van der Waals surface area contributed by atoms with Gasteiger partial charge in [0, 0.05) is 24.8 Å². The summed E-state index contributed by atoms with van der Waals surface area (Å²) in [5.74, 6) is -0.150. The van der Waals surface area contributed by atoms with E-state index in [1.165, 1.54) is 11.8 Å². The third kappa shape index (κ3) is 6.00. The predicted molar refractivity (Wildman–Crippen MR) is 122 cm³/mol. The van der Waals surface area contributed by atoms with E-state index >= 15 is 0 Å². The molecule has 166 valence electrons. The maximum absolute atomic E-state index is 13.1. The maximum Gasteiger partial charge on any atom is 0.262 e. The van der Waals surface area contributed by atoms with Crippen LogP contribution in [0.5, 0.6) is 0 Å². The van der Waals surface area contributed by atoms with E-state index in [9.17, 15) is 14.9 Å². The van der Waals surface area contributed by atoms with Gasteiger partial charge in [0.15, 0.2) is 5.16 Å². The third-order valence-electron chi connectivity index (χ3n) is 5.39. The SMILES string of the molecule is CCOCCCn1c(SCC(=O)NC2(C#N)CCCCC2)nc2cc(Cl)ccc2c1=O. The molecule has 7 nitrogen and oxygen atoms in total. The summed E-state index contributed by atoms with van der Waals surface area (Å²) < 4.78 is 6.98. The smallest absolute Gasteiger partial charge is 0.262 e. The number of nitrogens with one attached hydrogen (secondary N) is 1. The largest absolute Gasteiger partial charge is 0.382 e. The summed E-state index contributed by atoms with van der Waals surface area (Å²) in [6.07, 6.45) is 4.97. The van der Waals surface area contributed by atoms with Gasteiger partial charge in [-0.15, -0.1) is 0 Å². The molecule has 0 unspecified atom stereocenters. The molecular weight excluding hydrogens is 436 g/mol. The highest BCUT2D eigenvalue weighted by Gasteiger charge is 2.33. The van der Waals surface area contributed by atoms with Crippen molar-refractivity contribution in [2.75, 3.05) is 19.0 Å². The summed E-state index contributed by atoms with van der Waals surface area (Å²) in [6, 6.07) is 7.29. The molecule has 1 aromatic carbocycles. The molecule has 1 N–H and O–H groups in total. The highest BCUT2D eigenvalue weighted by Crippen LogP contribution is 2.28. The first-order chi connectivity index (χ1) is 15.0. The van der Waals surface area contributed by atoms with Gasteiger partial charge >= 0.3 is 0 Å². The van der Waals surface area contributed by atoms with Crippen LogP contribution in [0, 0.1) is 11.3 Å². The molecule has 1 aromatic heterocycles. The fourth-order valence-corrected chi connectivity index (χ4v) is 4.80. The number of nitrogens with zero attached hydrogens (tertiary/aromatic N) is 3. The average molecular weight is 463 g/mol. The second-order valence-electron chi connectivity index (χ2n) is 7.65. The Morgan fingerprint density at radius 2 is 2.16 bits per heavy atom. The fraction of sp³-hybridized carbons (Fsp3) is 0.545. The number of aromatic nitrogens is 2. The molecule has 1 saturated carbocycles. The molecule has 31 heavy (non-hydrogen) atoms. The Bertz CT molecular complexity index is 1030. The zero-order valence-electron chi connectivity index (χ0n) is 17.7. The van der Waals surface area contributed by atoms with Gasteiger partial charge in [0.05, 0.1) is 22.7 Å². The lowest BCUT2D eigenvalue weighted by Crippen LogP contribution is -2.49. The Morgan fingerprint density at radius 1 is 1.39 bits per heavy atom. The molecule has 2 aromatic rings. The van der Waals surface area contributed by atoms with Crippen molar-refractivity contribution in [1.82, 2.24) is 14.9 Å². The summed E-state index contributed by atoms with van der Waals surface area (Å²) in [6.45, 7) is 3.52. The number of halogens is 1. The number of carbonyl (C=O) groups excluding carboxylic acids is 1. The third-order valence-corrected chi connectivity index (χ3v) is 6.60. The lowest BCUT2D eigenvalue weighted by Gasteiger charge is -2.31. The molecule has 1 fully saturated rings. The van der Waals surface area contributed by atoms with Gasteiger partial charge in [-0.25, -0.2) is 4.98 Å². The Balaban J connectivity index is 1.79. The number of rotatable bonds is 9. The van der Waals surface area contributed by atoms with Crippen molar-refractivity contribution in [2.24, 2.45) is 0 Å². The van der Waals surface area contributed by atoms with E-state index in [1.807, 2.05) is 6.92 Å². The minimum absolute atomic E-state index is 0.0768. The first-order valence-electron chi connectivity index (χ1n) is 10.6. The number of fused-ring (bicyclic) bond motifs is 1. The van der Waals surface area contributed by atoms with Crippen LogP contribution >= 0.6 is 23.4 Å². The number of thioether (sulfide) groups is 1. The minimum Gasteiger partial charge on any atom is -0.382 e. The van der Waals surface area contributed by atoms with E-state index in [0.717, 1.165) is 19.3 Å². The zero-order valence-corrected chi connectivity index (χ0v) is 19.2. The van der Waals surface area contributed by atoms with E-state index in [2.05, 4.69) is 16.4 Å². The van der Waals surface area contributed by atoms with Crippen molar-refractivity contribution in [3.05, 3.63) is 33.6 Å². The van der Waals surface area contributed by atoms with Crippen LogP contribution < -0.4 is 10.9 Å². The van der Waals surface area contributed by atoms with Gasteiger partial charge in [-0.1, -0.05) is 42.6 Å². The Hall–Kier alpha value is -2.08. The average Bonchev–Trinajstić information content (AvgIpc) is 2.77. The second kappa shape index (κ2) is 11.0. The highest BCUT2D eigenvalue weighted by molar-refractivity contribution is 7.99. The van der Waals surface area contributed by atoms with E-state index in [1.54, 1.807) is 22.8 Å².